The molecule has 2 aliphatic rings. The van der Waals surface area contributed by atoms with Gasteiger partial charge in [-0.05, 0) is 60.8 Å². The SMILES string of the molecule is CC.COc1ccc(C)c2c1CC1(CC1)C2. The van der Waals surface area contributed by atoms with Crippen LogP contribution in [0.5, 0.6) is 5.75 Å². The zero-order chi connectivity index (χ0) is 11.8. The zero-order valence-corrected chi connectivity index (χ0v) is 10.9. The second-order valence-electron chi connectivity index (χ2n) is 4.90. The van der Waals surface area contributed by atoms with Gasteiger partial charge in [-0.2, -0.15) is 0 Å². The lowest BCUT2D eigenvalue weighted by Crippen LogP contribution is -1.97. The Bertz CT molecular complexity index is 389. The van der Waals surface area contributed by atoms with E-state index in [1.807, 2.05) is 13.8 Å². The minimum Gasteiger partial charge on any atom is -0.496 e. The summed E-state index contributed by atoms with van der Waals surface area (Å²) < 4.78 is 5.43. The first kappa shape index (κ1) is 11.5. The molecule has 1 aromatic rings. The maximum atomic E-state index is 5.43. The first-order valence-electron chi connectivity index (χ1n) is 6.39. The fourth-order valence-corrected chi connectivity index (χ4v) is 2.76. The van der Waals surface area contributed by atoms with E-state index < -0.39 is 0 Å². The molecule has 1 fully saturated rings. The van der Waals surface area contributed by atoms with Crippen molar-refractivity contribution in [1.29, 1.82) is 0 Å². The van der Waals surface area contributed by atoms with E-state index >= 15 is 0 Å². The van der Waals surface area contributed by atoms with Gasteiger partial charge in [0, 0.05) is 0 Å². The number of ether oxygens (including phenoxy) is 1. The highest BCUT2D eigenvalue weighted by atomic mass is 16.5. The molecule has 0 unspecified atom stereocenters. The first-order valence-corrected chi connectivity index (χ1v) is 6.39. The molecule has 88 valence electrons. The molecule has 1 spiro atoms. The highest BCUT2D eigenvalue weighted by Crippen LogP contribution is 2.57. The normalized spacial score (nSPS) is 18.8. The molecule has 0 heterocycles. The van der Waals surface area contributed by atoms with E-state index in [0.717, 1.165) is 5.75 Å². The maximum Gasteiger partial charge on any atom is 0.122 e. The zero-order valence-electron chi connectivity index (χ0n) is 10.9. The van der Waals surface area contributed by atoms with Gasteiger partial charge in [-0.3, -0.25) is 0 Å². The second kappa shape index (κ2) is 4.12. The predicted molar refractivity (Wildman–Crippen MR) is 68.2 cm³/mol. The third-order valence-electron chi connectivity index (χ3n) is 3.90. The van der Waals surface area contributed by atoms with Crippen molar-refractivity contribution < 1.29 is 4.74 Å². The summed E-state index contributed by atoms with van der Waals surface area (Å²) in [5, 5.41) is 0. The molecular weight excluding hydrogens is 196 g/mol. The van der Waals surface area contributed by atoms with Crippen LogP contribution in [0.2, 0.25) is 0 Å². The van der Waals surface area contributed by atoms with E-state index in [4.69, 9.17) is 4.74 Å². The van der Waals surface area contributed by atoms with Gasteiger partial charge in [0.05, 0.1) is 7.11 Å². The molecule has 0 radical (unpaired) electrons. The van der Waals surface area contributed by atoms with Crippen molar-refractivity contribution in [2.75, 3.05) is 7.11 Å². The summed E-state index contributed by atoms with van der Waals surface area (Å²) in [4.78, 5) is 0. The van der Waals surface area contributed by atoms with Crippen LogP contribution in [0.1, 0.15) is 43.4 Å². The van der Waals surface area contributed by atoms with Crippen LogP contribution < -0.4 is 4.74 Å². The summed E-state index contributed by atoms with van der Waals surface area (Å²) in [5.41, 5.74) is 5.17. The fraction of sp³-hybridized carbons (Fsp3) is 0.600. The summed E-state index contributed by atoms with van der Waals surface area (Å²) in [6, 6.07) is 4.31. The summed E-state index contributed by atoms with van der Waals surface area (Å²) >= 11 is 0. The summed E-state index contributed by atoms with van der Waals surface area (Å²) in [6.07, 6.45) is 5.40. The summed E-state index contributed by atoms with van der Waals surface area (Å²) in [7, 11) is 1.78. The third-order valence-corrected chi connectivity index (χ3v) is 3.90. The number of methoxy groups -OCH3 is 1. The van der Waals surface area contributed by atoms with Crippen molar-refractivity contribution >= 4 is 0 Å². The Kier molecular flexibility index (Phi) is 2.96. The van der Waals surface area contributed by atoms with Gasteiger partial charge < -0.3 is 4.74 Å². The topological polar surface area (TPSA) is 9.23 Å². The van der Waals surface area contributed by atoms with Crippen LogP contribution >= 0.6 is 0 Å². The molecule has 0 bridgehead atoms. The van der Waals surface area contributed by atoms with E-state index in [1.54, 1.807) is 12.7 Å². The highest BCUT2D eigenvalue weighted by molar-refractivity contribution is 5.50. The van der Waals surface area contributed by atoms with E-state index in [-0.39, 0.29) is 0 Å². The molecule has 1 saturated carbocycles. The predicted octanol–water partition coefficient (Wildman–Crippen LogP) is 3.91. The largest absolute Gasteiger partial charge is 0.496 e. The molecule has 0 aromatic heterocycles. The van der Waals surface area contributed by atoms with Crippen LogP contribution in [-0.4, -0.2) is 7.11 Å². The molecule has 1 nitrogen and oxygen atoms in total. The van der Waals surface area contributed by atoms with E-state index in [1.165, 1.54) is 36.8 Å². The number of benzene rings is 1. The minimum absolute atomic E-state index is 0.654. The standard InChI is InChI=1S/C13H16O.C2H6/c1-9-3-4-12(14-2)11-8-13(5-6-13)7-10(9)11;1-2/h3-4H,5-8H2,1-2H3;1-2H3. The fourth-order valence-electron chi connectivity index (χ4n) is 2.76. The van der Waals surface area contributed by atoms with Crippen molar-refractivity contribution in [2.45, 2.75) is 46.5 Å². The molecule has 16 heavy (non-hydrogen) atoms. The lowest BCUT2D eigenvalue weighted by atomic mass is 10.0. The van der Waals surface area contributed by atoms with Crippen LogP contribution in [0.3, 0.4) is 0 Å². The van der Waals surface area contributed by atoms with Gasteiger partial charge in [0.2, 0.25) is 0 Å². The smallest absolute Gasteiger partial charge is 0.122 e. The van der Waals surface area contributed by atoms with Gasteiger partial charge in [0.15, 0.2) is 0 Å². The van der Waals surface area contributed by atoms with Crippen LogP contribution in [0.15, 0.2) is 12.1 Å². The van der Waals surface area contributed by atoms with Crippen molar-refractivity contribution in [3.63, 3.8) is 0 Å². The monoisotopic (exact) mass is 218 g/mol. The summed E-state index contributed by atoms with van der Waals surface area (Å²) in [5.74, 6) is 1.11. The molecule has 0 amide bonds. The van der Waals surface area contributed by atoms with E-state index in [0.29, 0.717) is 5.41 Å². The lowest BCUT2D eigenvalue weighted by Gasteiger charge is -2.08. The Labute approximate surface area is 98.8 Å². The second-order valence-corrected chi connectivity index (χ2v) is 4.90. The van der Waals surface area contributed by atoms with E-state index in [9.17, 15) is 0 Å². The molecule has 0 aliphatic heterocycles. The van der Waals surface area contributed by atoms with Crippen LogP contribution in [0, 0.1) is 12.3 Å². The Balaban J connectivity index is 0.000000457. The average molecular weight is 218 g/mol. The van der Waals surface area contributed by atoms with Crippen molar-refractivity contribution in [2.24, 2.45) is 5.41 Å². The number of hydrogen-bond donors (Lipinski definition) is 0. The minimum atomic E-state index is 0.654. The molecule has 1 heteroatoms. The maximum absolute atomic E-state index is 5.43. The Morgan fingerprint density at radius 1 is 1.06 bits per heavy atom. The van der Waals surface area contributed by atoms with Crippen LogP contribution in [0.25, 0.3) is 0 Å². The molecule has 0 N–H and O–H groups in total. The molecule has 2 aliphatic carbocycles. The van der Waals surface area contributed by atoms with Crippen molar-refractivity contribution in [1.82, 2.24) is 0 Å². The van der Waals surface area contributed by atoms with Crippen molar-refractivity contribution in [3.05, 3.63) is 28.8 Å². The van der Waals surface area contributed by atoms with Gasteiger partial charge in [0.25, 0.3) is 0 Å². The number of rotatable bonds is 1. The molecule has 0 atom stereocenters. The van der Waals surface area contributed by atoms with Gasteiger partial charge in [-0.1, -0.05) is 19.9 Å². The Morgan fingerprint density at radius 3 is 2.25 bits per heavy atom. The van der Waals surface area contributed by atoms with Gasteiger partial charge in [-0.15, -0.1) is 0 Å². The average Bonchev–Trinajstić information content (AvgIpc) is 2.93. The third kappa shape index (κ3) is 1.73. The summed E-state index contributed by atoms with van der Waals surface area (Å²) in [6.45, 7) is 6.22. The van der Waals surface area contributed by atoms with Crippen molar-refractivity contribution in [3.8, 4) is 5.75 Å². The molecular formula is C15H22O. The Morgan fingerprint density at radius 2 is 1.69 bits per heavy atom. The molecule has 0 saturated heterocycles. The van der Waals surface area contributed by atoms with Gasteiger partial charge in [-0.25, -0.2) is 0 Å². The number of aryl methyl sites for hydroxylation is 1. The quantitative estimate of drug-likeness (QED) is 0.694. The lowest BCUT2D eigenvalue weighted by molar-refractivity contribution is 0.407. The first-order chi connectivity index (χ1) is 7.74. The van der Waals surface area contributed by atoms with Crippen LogP contribution in [-0.2, 0) is 12.8 Å². The molecule has 1 aromatic carbocycles. The Hall–Kier alpha value is -0.980. The highest BCUT2D eigenvalue weighted by Gasteiger charge is 2.48. The van der Waals surface area contributed by atoms with Gasteiger partial charge >= 0.3 is 0 Å². The van der Waals surface area contributed by atoms with Gasteiger partial charge in [0.1, 0.15) is 5.75 Å². The van der Waals surface area contributed by atoms with Crippen LogP contribution in [0.4, 0.5) is 0 Å². The molecule has 3 rings (SSSR count). The number of hydrogen-bond acceptors (Lipinski definition) is 1. The van der Waals surface area contributed by atoms with E-state index in [2.05, 4.69) is 19.1 Å². The number of fused-ring (bicyclic) bond motifs is 1.